The average Bonchev–Trinajstić information content (AvgIpc) is 2.63. The van der Waals surface area contributed by atoms with Crippen LogP contribution in [0.5, 0.6) is 0 Å². The van der Waals surface area contributed by atoms with Crippen LogP contribution in [0.2, 0.25) is 0 Å². The van der Waals surface area contributed by atoms with E-state index in [9.17, 15) is 0 Å². The first-order chi connectivity index (χ1) is 11.7. The molecule has 0 radical (unpaired) electrons. The molecule has 0 bridgehead atoms. The van der Waals surface area contributed by atoms with Crippen LogP contribution in [0.4, 0.5) is 0 Å². The number of hydrogen-bond donors (Lipinski definition) is 0. The summed E-state index contributed by atoms with van der Waals surface area (Å²) in [6.45, 7) is 7.88. The molecule has 0 spiro atoms. The molecular weight excluding hydrogens is 300 g/mol. The molecule has 1 aliphatic heterocycles. The van der Waals surface area contributed by atoms with Gasteiger partial charge in [-0.05, 0) is 12.5 Å². The second kappa shape index (κ2) is 8.25. The normalized spacial score (nSPS) is 23.8. The molecule has 3 nitrogen and oxygen atoms in total. The summed E-state index contributed by atoms with van der Waals surface area (Å²) in [4.78, 5) is 0. The highest BCUT2D eigenvalue weighted by Gasteiger charge is 2.33. The highest BCUT2D eigenvalue weighted by Crippen LogP contribution is 2.32. The molecule has 3 heteroatoms. The van der Waals surface area contributed by atoms with Crippen LogP contribution >= 0.6 is 0 Å². The smallest absolute Gasteiger partial charge is 0.184 e. The molecule has 3 rings (SSSR count). The summed E-state index contributed by atoms with van der Waals surface area (Å²) in [6, 6.07) is 20.2. The van der Waals surface area contributed by atoms with Crippen LogP contribution in [0.3, 0.4) is 0 Å². The Hall–Kier alpha value is -1.94. The van der Waals surface area contributed by atoms with E-state index in [1.54, 1.807) is 0 Å². The molecule has 2 aromatic carbocycles. The maximum Gasteiger partial charge on any atom is 0.184 e. The van der Waals surface area contributed by atoms with Gasteiger partial charge in [0.05, 0.1) is 25.9 Å². The van der Waals surface area contributed by atoms with E-state index in [2.05, 4.69) is 18.7 Å². The van der Waals surface area contributed by atoms with Crippen LogP contribution in [0, 0.1) is 5.92 Å². The SMILES string of the molecule is C=C(C)[C@@H]1O[C@H](c2ccccc2)OC[C@H]1COCc1ccccc1. The third kappa shape index (κ3) is 4.32. The summed E-state index contributed by atoms with van der Waals surface area (Å²) >= 11 is 0. The highest BCUT2D eigenvalue weighted by molar-refractivity contribution is 5.17. The average molecular weight is 324 g/mol. The predicted octanol–water partition coefficient (Wildman–Crippen LogP) is 4.51. The number of ether oxygens (including phenoxy) is 3. The Balaban J connectivity index is 1.57. The van der Waals surface area contributed by atoms with E-state index in [4.69, 9.17) is 14.2 Å². The van der Waals surface area contributed by atoms with E-state index in [1.165, 1.54) is 5.56 Å². The first kappa shape index (κ1) is 16.9. The summed E-state index contributed by atoms with van der Waals surface area (Å²) in [5, 5.41) is 0. The van der Waals surface area contributed by atoms with Crippen molar-refractivity contribution in [3.05, 3.63) is 83.9 Å². The second-order valence-corrected chi connectivity index (χ2v) is 6.24. The van der Waals surface area contributed by atoms with Gasteiger partial charge in [0.1, 0.15) is 0 Å². The first-order valence-electron chi connectivity index (χ1n) is 8.33. The molecule has 1 aliphatic rings. The highest BCUT2D eigenvalue weighted by atomic mass is 16.7. The minimum absolute atomic E-state index is 0.0558. The van der Waals surface area contributed by atoms with Gasteiger partial charge in [-0.1, -0.05) is 72.8 Å². The Bertz CT molecular complexity index is 637. The van der Waals surface area contributed by atoms with Crippen molar-refractivity contribution in [3.8, 4) is 0 Å². The van der Waals surface area contributed by atoms with E-state index in [-0.39, 0.29) is 18.3 Å². The van der Waals surface area contributed by atoms with Crippen LogP contribution < -0.4 is 0 Å². The van der Waals surface area contributed by atoms with Crippen molar-refractivity contribution in [1.29, 1.82) is 0 Å². The molecule has 126 valence electrons. The molecule has 1 heterocycles. The topological polar surface area (TPSA) is 27.7 Å². The third-order valence-corrected chi connectivity index (χ3v) is 4.16. The Morgan fingerprint density at radius 3 is 2.42 bits per heavy atom. The van der Waals surface area contributed by atoms with Gasteiger partial charge >= 0.3 is 0 Å². The van der Waals surface area contributed by atoms with Crippen LogP contribution in [0.1, 0.15) is 24.3 Å². The van der Waals surface area contributed by atoms with Crippen molar-refractivity contribution >= 4 is 0 Å². The Kier molecular flexibility index (Phi) is 5.81. The summed E-state index contributed by atoms with van der Waals surface area (Å²) < 4.78 is 17.9. The van der Waals surface area contributed by atoms with Gasteiger partial charge in [0.15, 0.2) is 6.29 Å². The zero-order valence-electron chi connectivity index (χ0n) is 14.1. The standard InChI is InChI=1S/C21H24O3/c1-16(2)20-19(14-22-13-17-9-5-3-6-10-17)15-23-21(24-20)18-11-7-4-8-12-18/h3-12,19-21H,1,13-15H2,2H3/t19-,20+,21-/m1/s1. The zero-order valence-corrected chi connectivity index (χ0v) is 14.1. The van der Waals surface area contributed by atoms with Crippen molar-refractivity contribution in [1.82, 2.24) is 0 Å². The molecule has 0 N–H and O–H groups in total. The van der Waals surface area contributed by atoms with Crippen LogP contribution in [0.25, 0.3) is 0 Å². The fraction of sp³-hybridized carbons (Fsp3) is 0.333. The van der Waals surface area contributed by atoms with Crippen LogP contribution in [-0.2, 0) is 20.8 Å². The third-order valence-electron chi connectivity index (χ3n) is 4.16. The lowest BCUT2D eigenvalue weighted by atomic mass is 9.97. The van der Waals surface area contributed by atoms with Crippen molar-refractivity contribution in [2.45, 2.75) is 25.9 Å². The van der Waals surface area contributed by atoms with Crippen molar-refractivity contribution in [2.75, 3.05) is 13.2 Å². The predicted molar refractivity (Wildman–Crippen MR) is 94.4 cm³/mol. The lowest BCUT2D eigenvalue weighted by Gasteiger charge is -2.37. The summed E-state index contributed by atoms with van der Waals surface area (Å²) in [6.07, 6.45) is -0.391. The quantitative estimate of drug-likeness (QED) is 0.732. The molecule has 0 saturated carbocycles. The Morgan fingerprint density at radius 1 is 1.08 bits per heavy atom. The minimum Gasteiger partial charge on any atom is -0.376 e. The maximum atomic E-state index is 6.15. The molecular formula is C21H24O3. The van der Waals surface area contributed by atoms with Crippen molar-refractivity contribution < 1.29 is 14.2 Å². The lowest BCUT2D eigenvalue weighted by Crippen LogP contribution is -2.39. The van der Waals surface area contributed by atoms with E-state index >= 15 is 0 Å². The van der Waals surface area contributed by atoms with Crippen molar-refractivity contribution in [2.24, 2.45) is 5.92 Å². The number of benzene rings is 2. The lowest BCUT2D eigenvalue weighted by molar-refractivity contribution is -0.238. The molecule has 24 heavy (non-hydrogen) atoms. The molecule has 1 saturated heterocycles. The van der Waals surface area contributed by atoms with Crippen LogP contribution in [-0.4, -0.2) is 19.3 Å². The molecule has 0 unspecified atom stereocenters. The summed E-state index contributed by atoms with van der Waals surface area (Å²) in [5.41, 5.74) is 3.21. The van der Waals surface area contributed by atoms with Crippen molar-refractivity contribution in [3.63, 3.8) is 0 Å². The number of hydrogen-bond acceptors (Lipinski definition) is 3. The fourth-order valence-corrected chi connectivity index (χ4v) is 2.92. The molecule has 0 amide bonds. The minimum atomic E-state index is -0.335. The van der Waals surface area contributed by atoms with E-state index in [1.807, 2.05) is 55.5 Å². The summed E-state index contributed by atoms with van der Waals surface area (Å²) in [5.74, 6) is 0.158. The van der Waals surface area contributed by atoms with Gasteiger partial charge in [-0.3, -0.25) is 0 Å². The van der Waals surface area contributed by atoms with Gasteiger partial charge in [-0.15, -0.1) is 0 Å². The molecule has 3 atom stereocenters. The van der Waals surface area contributed by atoms with E-state index in [0.29, 0.717) is 19.8 Å². The van der Waals surface area contributed by atoms with E-state index in [0.717, 1.165) is 11.1 Å². The monoisotopic (exact) mass is 324 g/mol. The Morgan fingerprint density at radius 2 is 1.75 bits per heavy atom. The van der Waals surface area contributed by atoms with Crippen LogP contribution in [0.15, 0.2) is 72.8 Å². The second-order valence-electron chi connectivity index (χ2n) is 6.24. The molecule has 1 fully saturated rings. The van der Waals surface area contributed by atoms with Gasteiger partial charge in [0, 0.05) is 11.5 Å². The van der Waals surface area contributed by atoms with Gasteiger partial charge < -0.3 is 14.2 Å². The van der Waals surface area contributed by atoms with E-state index < -0.39 is 0 Å². The summed E-state index contributed by atoms with van der Waals surface area (Å²) in [7, 11) is 0. The fourth-order valence-electron chi connectivity index (χ4n) is 2.92. The van der Waals surface area contributed by atoms with Gasteiger partial charge in [-0.2, -0.15) is 0 Å². The first-order valence-corrected chi connectivity index (χ1v) is 8.33. The molecule has 2 aromatic rings. The van der Waals surface area contributed by atoms with Gasteiger partial charge in [-0.25, -0.2) is 0 Å². The van der Waals surface area contributed by atoms with Gasteiger partial charge in [0.25, 0.3) is 0 Å². The van der Waals surface area contributed by atoms with Gasteiger partial charge in [0.2, 0.25) is 0 Å². The molecule has 0 aromatic heterocycles. The molecule has 0 aliphatic carbocycles. The zero-order chi connectivity index (χ0) is 16.8. The Labute approximate surface area is 143 Å². The largest absolute Gasteiger partial charge is 0.376 e. The maximum absolute atomic E-state index is 6.15. The number of rotatable bonds is 6.